The normalized spacial score (nSPS) is 10.6. The van der Waals surface area contributed by atoms with Gasteiger partial charge in [0.1, 0.15) is 0 Å². The highest BCUT2D eigenvalue weighted by Crippen LogP contribution is 2.24. The summed E-state index contributed by atoms with van der Waals surface area (Å²) in [5.74, 6) is -1.03. The van der Waals surface area contributed by atoms with Gasteiger partial charge in [0, 0.05) is 29.8 Å². The van der Waals surface area contributed by atoms with E-state index in [-0.39, 0.29) is 12.5 Å². The summed E-state index contributed by atoms with van der Waals surface area (Å²) in [6.45, 7) is 2.75. The fourth-order valence-electron chi connectivity index (χ4n) is 1.61. The van der Waals surface area contributed by atoms with Crippen molar-refractivity contribution in [2.24, 2.45) is 0 Å². The summed E-state index contributed by atoms with van der Waals surface area (Å²) in [5, 5.41) is 11.3. The molecular weight excluding hydrogens is 324 g/mol. The van der Waals surface area contributed by atoms with Crippen LogP contribution in [0, 0.1) is 0 Å². The van der Waals surface area contributed by atoms with Gasteiger partial charge in [-0.1, -0.05) is 22.0 Å². The van der Waals surface area contributed by atoms with Crippen molar-refractivity contribution in [3.05, 3.63) is 34.3 Å². The lowest BCUT2D eigenvalue weighted by molar-refractivity contribution is -0.131. The number of nitrogens with zero attached hydrogens (tertiary/aromatic N) is 1. The Morgan fingerprint density at radius 3 is 2.70 bits per heavy atom. The van der Waals surface area contributed by atoms with E-state index in [0.717, 1.165) is 21.8 Å². The van der Waals surface area contributed by atoms with Gasteiger partial charge in [-0.2, -0.15) is 0 Å². The SMILES string of the molecule is CCNC(=O)CN(C)c1ccc(/C=C/C(=O)O)c(Br)c1. The average molecular weight is 341 g/mol. The maximum Gasteiger partial charge on any atom is 0.328 e. The second-order valence-corrected chi connectivity index (χ2v) is 5.04. The van der Waals surface area contributed by atoms with Crippen molar-refractivity contribution in [1.29, 1.82) is 0 Å². The van der Waals surface area contributed by atoms with E-state index in [0.29, 0.717) is 6.54 Å². The van der Waals surface area contributed by atoms with E-state index in [4.69, 9.17) is 5.11 Å². The summed E-state index contributed by atoms with van der Waals surface area (Å²) < 4.78 is 0.773. The fourth-order valence-corrected chi connectivity index (χ4v) is 2.11. The molecule has 6 heteroatoms. The predicted molar refractivity (Wildman–Crippen MR) is 82.8 cm³/mol. The Morgan fingerprint density at radius 1 is 1.45 bits per heavy atom. The molecule has 1 amide bonds. The molecule has 1 aromatic carbocycles. The van der Waals surface area contributed by atoms with Crippen molar-refractivity contribution in [2.45, 2.75) is 6.92 Å². The minimum atomic E-state index is -0.991. The first-order valence-corrected chi connectivity index (χ1v) is 6.91. The van der Waals surface area contributed by atoms with Gasteiger partial charge in [0.05, 0.1) is 6.54 Å². The summed E-state index contributed by atoms with van der Waals surface area (Å²) in [7, 11) is 1.82. The maximum absolute atomic E-state index is 11.5. The molecule has 0 heterocycles. The fraction of sp³-hybridized carbons (Fsp3) is 0.286. The van der Waals surface area contributed by atoms with Gasteiger partial charge in [-0.05, 0) is 30.7 Å². The second-order valence-electron chi connectivity index (χ2n) is 4.19. The number of carbonyl (C=O) groups excluding carboxylic acids is 1. The number of halogens is 1. The summed E-state index contributed by atoms with van der Waals surface area (Å²) >= 11 is 3.39. The van der Waals surface area contributed by atoms with Crippen molar-refractivity contribution < 1.29 is 14.7 Å². The van der Waals surface area contributed by atoms with Crippen LogP contribution < -0.4 is 10.2 Å². The molecule has 0 unspecified atom stereocenters. The van der Waals surface area contributed by atoms with E-state index in [1.165, 1.54) is 6.08 Å². The quantitative estimate of drug-likeness (QED) is 0.778. The van der Waals surface area contributed by atoms with Crippen LogP contribution in [0.4, 0.5) is 5.69 Å². The van der Waals surface area contributed by atoms with Crippen molar-refractivity contribution in [2.75, 3.05) is 25.0 Å². The Labute approximate surface area is 126 Å². The molecule has 0 bridgehead atoms. The molecule has 0 atom stereocenters. The highest BCUT2D eigenvalue weighted by atomic mass is 79.9. The van der Waals surface area contributed by atoms with Gasteiger partial charge >= 0.3 is 5.97 Å². The van der Waals surface area contributed by atoms with Crippen molar-refractivity contribution in [1.82, 2.24) is 5.32 Å². The Balaban J connectivity index is 2.81. The van der Waals surface area contributed by atoms with Crippen LogP contribution in [0.2, 0.25) is 0 Å². The summed E-state index contributed by atoms with van der Waals surface area (Å²) in [6, 6.07) is 5.49. The van der Waals surface area contributed by atoms with Gasteiger partial charge in [-0.25, -0.2) is 4.79 Å². The van der Waals surface area contributed by atoms with Crippen LogP contribution in [0.3, 0.4) is 0 Å². The maximum atomic E-state index is 11.5. The van der Waals surface area contributed by atoms with Gasteiger partial charge in [0.25, 0.3) is 0 Å². The van der Waals surface area contributed by atoms with E-state index in [1.807, 2.05) is 31.0 Å². The van der Waals surface area contributed by atoms with E-state index < -0.39 is 5.97 Å². The number of likely N-dealkylation sites (N-methyl/N-ethyl adjacent to an activating group) is 2. The zero-order valence-corrected chi connectivity index (χ0v) is 13.0. The molecule has 20 heavy (non-hydrogen) atoms. The second kappa shape index (κ2) is 7.69. The number of hydrogen-bond acceptors (Lipinski definition) is 3. The molecule has 108 valence electrons. The molecule has 0 spiro atoms. The van der Waals surface area contributed by atoms with Crippen LogP contribution in [0.15, 0.2) is 28.7 Å². The number of nitrogens with one attached hydrogen (secondary N) is 1. The molecule has 0 aromatic heterocycles. The molecule has 0 radical (unpaired) electrons. The van der Waals surface area contributed by atoms with Gasteiger partial charge in [0.2, 0.25) is 5.91 Å². The van der Waals surface area contributed by atoms with Crippen LogP contribution >= 0.6 is 15.9 Å². The number of amides is 1. The highest BCUT2D eigenvalue weighted by molar-refractivity contribution is 9.10. The molecular formula is C14H17BrN2O3. The van der Waals surface area contributed by atoms with Crippen molar-refractivity contribution in [3.8, 4) is 0 Å². The van der Waals surface area contributed by atoms with Gasteiger partial charge < -0.3 is 15.3 Å². The first-order chi connectivity index (χ1) is 9.43. The van der Waals surface area contributed by atoms with Gasteiger partial charge in [-0.3, -0.25) is 4.79 Å². The lowest BCUT2D eigenvalue weighted by Crippen LogP contribution is -2.34. The molecule has 0 saturated heterocycles. The number of carboxylic acid groups (broad SMARTS) is 1. The Bertz CT molecular complexity index is 529. The van der Waals surface area contributed by atoms with Crippen molar-refractivity contribution in [3.63, 3.8) is 0 Å². The van der Waals surface area contributed by atoms with E-state index in [2.05, 4.69) is 21.2 Å². The number of carboxylic acids is 1. The third kappa shape index (κ3) is 5.05. The predicted octanol–water partition coefficient (Wildman–Crippen LogP) is 2.12. The van der Waals surface area contributed by atoms with Crippen LogP contribution in [-0.2, 0) is 9.59 Å². The number of hydrogen-bond donors (Lipinski definition) is 2. The molecule has 2 N–H and O–H groups in total. The third-order valence-electron chi connectivity index (χ3n) is 2.58. The summed E-state index contributed by atoms with van der Waals surface area (Å²) in [5.41, 5.74) is 1.64. The van der Waals surface area contributed by atoms with E-state index in [1.54, 1.807) is 6.07 Å². The third-order valence-corrected chi connectivity index (χ3v) is 3.27. The largest absolute Gasteiger partial charge is 0.478 e. The summed E-state index contributed by atoms with van der Waals surface area (Å²) in [6.07, 6.45) is 2.60. The smallest absolute Gasteiger partial charge is 0.328 e. The molecule has 0 aliphatic rings. The number of carbonyl (C=O) groups is 2. The monoisotopic (exact) mass is 340 g/mol. The first kappa shape index (κ1) is 16.2. The zero-order valence-electron chi connectivity index (χ0n) is 11.4. The Hall–Kier alpha value is -1.82. The number of benzene rings is 1. The molecule has 1 aromatic rings. The van der Waals surface area contributed by atoms with Crippen LogP contribution in [0.5, 0.6) is 0 Å². The minimum Gasteiger partial charge on any atom is -0.478 e. The highest BCUT2D eigenvalue weighted by Gasteiger charge is 2.08. The summed E-state index contributed by atoms with van der Waals surface area (Å²) in [4.78, 5) is 23.8. The molecule has 0 aliphatic heterocycles. The van der Waals surface area contributed by atoms with E-state index >= 15 is 0 Å². The lowest BCUT2D eigenvalue weighted by atomic mass is 10.2. The molecule has 0 aliphatic carbocycles. The molecule has 5 nitrogen and oxygen atoms in total. The Morgan fingerprint density at radius 2 is 2.15 bits per heavy atom. The molecule has 0 saturated carbocycles. The van der Waals surface area contributed by atoms with Gasteiger partial charge in [0.15, 0.2) is 0 Å². The first-order valence-electron chi connectivity index (χ1n) is 6.12. The van der Waals surface area contributed by atoms with Gasteiger partial charge in [-0.15, -0.1) is 0 Å². The van der Waals surface area contributed by atoms with Crippen LogP contribution in [-0.4, -0.2) is 37.1 Å². The Kier molecular flexibility index (Phi) is 6.24. The molecule has 0 fully saturated rings. The van der Waals surface area contributed by atoms with E-state index in [9.17, 15) is 9.59 Å². The number of rotatable bonds is 6. The van der Waals surface area contributed by atoms with Crippen molar-refractivity contribution >= 4 is 39.6 Å². The zero-order chi connectivity index (χ0) is 15.1. The van der Waals surface area contributed by atoms with Crippen LogP contribution in [0.1, 0.15) is 12.5 Å². The topological polar surface area (TPSA) is 69.6 Å². The minimum absolute atomic E-state index is 0.0408. The average Bonchev–Trinajstić information content (AvgIpc) is 2.37. The standard InChI is InChI=1S/C14H17BrN2O3/c1-3-16-13(18)9-17(2)11-6-4-10(12(15)8-11)5-7-14(19)20/h4-8H,3,9H2,1-2H3,(H,16,18)(H,19,20)/b7-5+. The lowest BCUT2D eigenvalue weighted by Gasteiger charge is -2.19. The number of anilines is 1. The van der Waals surface area contributed by atoms with Crippen LogP contribution in [0.25, 0.3) is 6.08 Å². The molecule has 1 rings (SSSR count). The number of aliphatic carboxylic acids is 1.